The van der Waals surface area contributed by atoms with Crippen molar-refractivity contribution in [1.29, 1.82) is 0 Å². The maximum atomic E-state index is 5.71. The summed E-state index contributed by atoms with van der Waals surface area (Å²) in [5.74, 6) is 1.99. The van der Waals surface area contributed by atoms with Crippen LogP contribution in [0.25, 0.3) is 0 Å². The average Bonchev–Trinajstić information content (AvgIpc) is 2.46. The summed E-state index contributed by atoms with van der Waals surface area (Å²) in [6.45, 7) is 9.94. The topological polar surface area (TPSA) is 50.3 Å². The maximum Gasteiger partial charge on any atom is 0.137 e. The minimum atomic E-state index is 0.315. The van der Waals surface area contributed by atoms with Crippen LogP contribution in [0.1, 0.15) is 32.3 Å². The van der Waals surface area contributed by atoms with Crippen LogP contribution in [0.2, 0.25) is 0 Å². The molecule has 0 spiro atoms. The molecule has 1 unspecified atom stereocenters. The molecule has 5 heteroatoms. The van der Waals surface area contributed by atoms with Gasteiger partial charge in [0.05, 0.1) is 12.7 Å². The highest BCUT2D eigenvalue weighted by molar-refractivity contribution is 5.58. The predicted octanol–water partition coefficient (Wildman–Crippen LogP) is 2.22. The number of hydrogen-bond donors (Lipinski definition) is 1. The van der Waals surface area contributed by atoms with E-state index in [1.807, 2.05) is 0 Å². The highest BCUT2D eigenvalue weighted by atomic mass is 16.5. The third kappa shape index (κ3) is 3.35. The lowest BCUT2D eigenvalue weighted by Crippen LogP contribution is -2.43. The van der Waals surface area contributed by atoms with Crippen LogP contribution in [0.15, 0.2) is 6.33 Å². The Kier molecular flexibility index (Phi) is 4.96. The molecule has 0 radical (unpaired) electrons. The molecule has 1 N–H and O–H groups in total. The lowest BCUT2D eigenvalue weighted by molar-refractivity contribution is 0.0381. The highest BCUT2D eigenvalue weighted by Gasteiger charge is 2.22. The van der Waals surface area contributed by atoms with Gasteiger partial charge in [0.2, 0.25) is 0 Å². The number of nitrogens with zero attached hydrogens (tertiary/aromatic N) is 3. The molecule has 0 bridgehead atoms. The quantitative estimate of drug-likeness (QED) is 0.883. The molecule has 1 aliphatic heterocycles. The van der Waals surface area contributed by atoms with E-state index in [2.05, 4.69) is 41.0 Å². The minimum absolute atomic E-state index is 0.315. The standard InChI is InChI=1S/C14H24N4O/c1-4-6-15-13-11(3)14(17-10-16-13)18-7-8-19-12(5-2)9-18/h10,12H,4-9H2,1-3H3,(H,15,16,17). The normalized spacial score (nSPS) is 19.5. The second-order valence-electron chi connectivity index (χ2n) is 4.94. The Morgan fingerprint density at radius 3 is 3.00 bits per heavy atom. The summed E-state index contributed by atoms with van der Waals surface area (Å²) in [5.41, 5.74) is 1.13. The number of rotatable bonds is 5. The van der Waals surface area contributed by atoms with Gasteiger partial charge in [0.1, 0.15) is 18.0 Å². The fourth-order valence-electron chi connectivity index (χ4n) is 2.34. The first-order valence-corrected chi connectivity index (χ1v) is 7.18. The minimum Gasteiger partial charge on any atom is -0.375 e. The Bertz CT molecular complexity index is 410. The highest BCUT2D eigenvalue weighted by Crippen LogP contribution is 2.24. The van der Waals surface area contributed by atoms with E-state index in [1.54, 1.807) is 6.33 Å². The van der Waals surface area contributed by atoms with Gasteiger partial charge in [-0.1, -0.05) is 13.8 Å². The molecule has 0 aromatic carbocycles. The second-order valence-corrected chi connectivity index (χ2v) is 4.94. The predicted molar refractivity (Wildman–Crippen MR) is 77.8 cm³/mol. The molecule has 106 valence electrons. The first-order chi connectivity index (χ1) is 9.26. The third-order valence-electron chi connectivity index (χ3n) is 3.49. The zero-order chi connectivity index (χ0) is 13.7. The van der Waals surface area contributed by atoms with E-state index in [9.17, 15) is 0 Å². The number of aromatic nitrogens is 2. The van der Waals surface area contributed by atoms with Crippen molar-refractivity contribution in [2.75, 3.05) is 36.5 Å². The van der Waals surface area contributed by atoms with Crippen LogP contribution in [0.5, 0.6) is 0 Å². The monoisotopic (exact) mass is 264 g/mol. The first-order valence-electron chi connectivity index (χ1n) is 7.18. The lowest BCUT2D eigenvalue weighted by Gasteiger charge is -2.34. The first kappa shape index (κ1) is 14.1. The van der Waals surface area contributed by atoms with E-state index in [1.165, 1.54) is 0 Å². The zero-order valence-electron chi connectivity index (χ0n) is 12.1. The molecular weight excluding hydrogens is 240 g/mol. The van der Waals surface area contributed by atoms with Crippen LogP contribution in [0, 0.1) is 6.92 Å². The zero-order valence-corrected chi connectivity index (χ0v) is 12.1. The maximum absolute atomic E-state index is 5.71. The number of morpholine rings is 1. The molecule has 5 nitrogen and oxygen atoms in total. The van der Waals surface area contributed by atoms with Gasteiger partial charge in [-0.2, -0.15) is 0 Å². The lowest BCUT2D eigenvalue weighted by atomic mass is 10.2. The van der Waals surface area contributed by atoms with Crippen LogP contribution >= 0.6 is 0 Å². The van der Waals surface area contributed by atoms with Crippen LogP contribution < -0.4 is 10.2 Å². The molecule has 2 heterocycles. The SMILES string of the molecule is CCCNc1ncnc(N2CCOC(CC)C2)c1C. The Hall–Kier alpha value is -1.36. The number of nitrogens with one attached hydrogen (secondary N) is 1. The fourth-order valence-corrected chi connectivity index (χ4v) is 2.34. The molecule has 0 amide bonds. The third-order valence-corrected chi connectivity index (χ3v) is 3.49. The molecular formula is C14H24N4O. The van der Waals surface area contributed by atoms with Gasteiger partial charge in [-0.15, -0.1) is 0 Å². The summed E-state index contributed by atoms with van der Waals surface area (Å²) >= 11 is 0. The molecule has 0 saturated carbocycles. The van der Waals surface area contributed by atoms with Gasteiger partial charge in [-0.3, -0.25) is 0 Å². The van der Waals surface area contributed by atoms with E-state index in [4.69, 9.17) is 4.74 Å². The summed E-state index contributed by atoms with van der Waals surface area (Å²) in [6.07, 6.45) is 4.10. The molecule has 1 aliphatic rings. The van der Waals surface area contributed by atoms with Crippen LogP contribution in [-0.4, -0.2) is 42.3 Å². The number of hydrogen-bond acceptors (Lipinski definition) is 5. The van der Waals surface area contributed by atoms with E-state index in [-0.39, 0.29) is 0 Å². The van der Waals surface area contributed by atoms with Gasteiger partial charge in [0.25, 0.3) is 0 Å². The van der Waals surface area contributed by atoms with Gasteiger partial charge in [-0.25, -0.2) is 9.97 Å². The van der Waals surface area contributed by atoms with Gasteiger partial charge >= 0.3 is 0 Å². The van der Waals surface area contributed by atoms with Crippen molar-refractivity contribution in [2.45, 2.75) is 39.7 Å². The number of ether oxygens (including phenoxy) is 1. The van der Waals surface area contributed by atoms with E-state index in [0.717, 1.165) is 56.3 Å². The van der Waals surface area contributed by atoms with Crippen molar-refractivity contribution in [3.05, 3.63) is 11.9 Å². The van der Waals surface area contributed by atoms with Gasteiger partial charge < -0.3 is 15.0 Å². The van der Waals surface area contributed by atoms with Crippen LogP contribution in [0.3, 0.4) is 0 Å². The van der Waals surface area contributed by atoms with Crippen LogP contribution in [0.4, 0.5) is 11.6 Å². The van der Waals surface area contributed by atoms with Gasteiger partial charge in [0.15, 0.2) is 0 Å². The van der Waals surface area contributed by atoms with Crippen molar-refractivity contribution in [3.8, 4) is 0 Å². The van der Waals surface area contributed by atoms with Crippen molar-refractivity contribution in [3.63, 3.8) is 0 Å². The Balaban J connectivity index is 2.14. The largest absolute Gasteiger partial charge is 0.375 e. The molecule has 2 rings (SSSR count). The van der Waals surface area contributed by atoms with E-state index < -0.39 is 0 Å². The second kappa shape index (κ2) is 6.70. The van der Waals surface area contributed by atoms with Crippen molar-refractivity contribution in [2.24, 2.45) is 0 Å². The Morgan fingerprint density at radius 1 is 1.42 bits per heavy atom. The van der Waals surface area contributed by atoms with Gasteiger partial charge in [0, 0.05) is 25.2 Å². The van der Waals surface area contributed by atoms with Crippen molar-refractivity contribution < 1.29 is 4.74 Å². The Morgan fingerprint density at radius 2 is 2.26 bits per heavy atom. The fraction of sp³-hybridized carbons (Fsp3) is 0.714. The summed E-state index contributed by atoms with van der Waals surface area (Å²) < 4.78 is 5.71. The molecule has 1 aromatic heterocycles. The molecule has 19 heavy (non-hydrogen) atoms. The van der Waals surface area contributed by atoms with Crippen molar-refractivity contribution >= 4 is 11.6 Å². The molecule has 1 aromatic rings. The molecule has 0 aliphatic carbocycles. The van der Waals surface area contributed by atoms with E-state index in [0.29, 0.717) is 6.10 Å². The summed E-state index contributed by atoms with van der Waals surface area (Å²) in [5, 5.41) is 3.36. The van der Waals surface area contributed by atoms with Crippen LogP contribution in [-0.2, 0) is 4.74 Å². The molecule has 1 fully saturated rings. The van der Waals surface area contributed by atoms with Crippen molar-refractivity contribution in [1.82, 2.24) is 9.97 Å². The molecule has 1 atom stereocenters. The summed E-state index contributed by atoms with van der Waals surface area (Å²) in [7, 11) is 0. The Labute approximate surface area is 115 Å². The molecule has 1 saturated heterocycles. The summed E-state index contributed by atoms with van der Waals surface area (Å²) in [4.78, 5) is 11.1. The smallest absolute Gasteiger partial charge is 0.137 e. The average molecular weight is 264 g/mol. The summed E-state index contributed by atoms with van der Waals surface area (Å²) in [6, 6.07) is 0. The van der Waals surface area contributed by atoms with E-state index >= 15 is 0 Å². The number of anilines is 2. The van der Waals surface area contributed by atoms with Gasteiger partial charge in [-0.05, 0) is 19.8 Å².